The summed E-state index contributed by atoms with van der Waals surface area (Å²) in [6, 6.07) is 7.41. The fraction of sp³-hybridized carbons (Fsp3) is 0.389. The van der Waals surface area contributed by atoms with E-state index in [1.165, 1.54) is 16.2 Å². The zero-order chi connectivity index (χ0) is 18.0. The molecule has 1 aliphatic carbocycles. The summed E-state index contributed by atoms with van der Waals surface area (Å²) in [6.07, 6.45) is 2.92. The van der Waals surface area contributed by atoms with Gasteiger partial charge in [0.15, 0.2) is 5.13 Å². The van der Waals surface area contributed by atoms with Crippen molar-refractivity contribution >= 4 is 39.9 Å². The molecule has 0 saturated heterocycles. The van der Waals surface area contributed by atoms with Crippen molar-refractivity contribution in [2.24, 2.45) is 11.8 Å². The SMILES string of the molecule is CN(C(=O)C1CCCCC1C(=O)O)c1nc(-c2ccccc2Cl)cs1. The molecule has 2 aromatic rings. The highest BCUT2D eigenvalue weighted by molar-refractivity contribution is 7.14. The third-order valence-corrected chi connectivity index (χ3v) is 5.91. The second-order valence-electron chi connectivity index (χ2n) is 6.23. The van der Waals surface area contributed by atoms with Gasteiger partial charge in [0.1, 0.15) is 0 Å². The number of carbonyl (C=O) groups excluding carboxylic acids is 1. The van der Waals surface area contributed by atoms with Crippen LogP contribution >= 0.6 is 22.9 Å². The van der Waals surface area contributed by atoms with Gasteiger partial charge in [0.25, 0.3) is 0 Å². The van der Waals surface area contributed by atoms with Crippen LogP contribution in [0.3, 0.4) is 0 Å². The minimum atomic E-state index is -0.887. The van der Waals surface area contributed by atoms with E-state index in [-0.39, 0.29) is 5.91 Å². The minimum absolute atomic E-state index is 0.174. The van der Waals surface area contributed by atoms with Gasteiger partial charge in [0.05, 0.1) is 17.5 Å². The minimum Gasteiger partial charge on any atom is -0.481 e. The molecule has 1 amide bonds. The number of anilines is 1. The Hall–Kier alpha value is -1.92. The number of nitrogens with zero attached hydrogens (tertiary/aromatic N) is 2. The van der Waals surface area contributed by atoms with Crippen molar-refractivity contribution in [3.05, 3.63) is 34.7 Å². The fourth-order valence-electron chi connectivity index (χ4n) is 3.28. The average molecular weight is 379 g/mol. The quantitative estimate of drug-likeness (QED) is 0.860. The van der Waals surface area contributed by atoms with E-state index in [1.54, 1.807) is 13.1 Å². The van der Waals surface area contributed by atoms with E-state index < -0.39 is 17.8 Å². The number of hydrogen-bond donors (Lipinski definition) is 1. The molecule has 0 spiro atoms. The fourth-order valence-corrected chi connectivity index (χ4v) is 4.30. The van der Waals surface area contributed by atoms with Gasteiger partial charge in [0, 0.05) is 23.0 Å². The van der Waals surface area contributed by atoms with Gasteiger partial charge in [-0.1, -0.05) is 42.6 Å². The molecule has 5 nitrogen and oxygen atoms in total. The molecule has 1 aliphatic rings. The first-order valence-corrected chi connectivity index (χ1v) is 9.45. The van der Waals surface area contributed by atoms with Crippen LogP contribution in [0.25, 0.3) is 11.3 Å². The molecule has 3 rings (SSSR count). The Morgan fingerprint density at radius 2 is 1.92 bits per heavy atom. The summed E-state index contributed by atoms with van der Waals surface area (Å²) in [5, 5.41) is 12.4. The van der Waals surface area contributed by atoms with Crippen LogP contribution in [0.1, 0.15) is 25.7 Å². The van der Waals surface area contributed by atoms with Crippen molar-refractivity contribution in [2.45, 2.75) is 25.7 Å². The molecule has 1 fully saturated rings. The van der Waals surface area contributed by atoms with Gasteiger partial charge in [-0.15, -0.1) is 11.3 Å². The van der Waals surface area contributed by atoms with Gasteiger partial charge in [-0.3, -0.25) is 14.5 Å². The maximum absolute atomic E-state index is 12.8. The van der Waals surface area contributed by atoms with E-state index in [0.717, 1.165) is 18.4 Å². The Kier molecular flexibility index (Phi) is 5.39. The lowest BCUT2D eigenvalue weighted by molar-refractivity contribution is -0.148. The van der Waals surface area contributed by atoms with Crippen LogP contribution in [0.4, 0.5) is 5.13 Å². The van der Waals surface area contributed by atoms with Crippen molar-refractivity contribution in [1.29, 1.82) is 0 Å². The lowest BCUT2D eigenvalue weighted by Crippen LogP contribution is -2.40. The summed E-state index contributed by atoms with van der Waals surface area (Å²) in [4.78, 5) is 30.3. The predicted octanol–water partition coefficient (Wildman–Crippen LogP) is 4.32. The van der Waals surface area contributed by atoms with E-state index in [1.807, 2.05) is 23.6 Å². The number of hydrogen-bond acceptors (Lipinski definition) is 4. The molecule has 1 saturated carbocycles. The van der Waals surface area contributed by atoms with Gasteiger partial charge in [-0.05, 0) is 18.9 Å². The molecule has 1 aromatic carbocycles. The Balaban J connectivity index is 1.81. The number of aromatic nitrogens is 1. The highest BCUT2D eigenvalue weighted by Gasteiger charge is 2.37. The van der Waals surface area contributed by atoms with E-state index in [9.17, 15) is 14.7 Å². The summed E-state index contributed by atoms with van der Waals surface area (Å²) in [7, 11) is 1.66. The van der Waals surface area contributed by atoms with E-state index >= 15 is 0 Å². The number of rotatable bonds is 4. The van der Waals surface area contributed by atoms with Gasteiger partial charge in [-0.25, -0.2) is 4.98 Å². The molecule has 25 heavy (non-hydrogen) atoms. The first-order valence-electron chi connectivity index (χ1n) is 8.20. The number of amides is 1. The molecule has 0 radical (unpaired) electrons. The van der Waals surface area contributed by atoms with Crippen LogP contribution in [0.5, 0.6) is 0 Å². The molecule has 1 heterocycles. The zero-order valence-electron chi connectivity index (χ0n) is 13.8. The van der Waals surface area contributed by atoms with E-state index in [4.69, 9.17) is 11.6 Å². The molecular weight excluding hydrogens is 360 g/mol. The number of benzene rings is 1. The van der Waals surface area contributed by atoms with Crippen molar-refractivity contribution in [1.82, 2.24) is 4.98 Å². The maximum atomic E-state index is 12.8. The second-order valence-corrected chi connectivity index (χ2v) is 7.47. The normalized spacial score (nSPS) is 20.2. The number of carbonyl (C=O) groups is 2. The number of thiazole rings is 1. The predicted molar refractivity (Wildman–Crippen MR) is 99.1 cm³/mol. The second kappa shape index (κ2) is 7.54. The van der Waals surface area contributed by atoms with Crippen molar-refractivity contribution in [3.63, 3.8) is 0 Å². The molecular formula is C18H19ClN2O3S. The van der Waals surface area contributed by atoms with E-state index in [2.05, 4.69) is 4.98 Å². The Labute approximate surface area is 155 Å². The third-order valence-electron chi connectivity index (χ3n) is 4.66. The summed E-state index contributed by atoms with van der Waals surface area (Å²) >= 11 is 7.56. The van der Waals surface area contributed by atoms with E-state index in [0.29, 0.717) is 28.7 Å². The van der Waals surface area contributed by atoms with Crippen LogP contribution in [0.2, 0.25) is 5.02 Å². The maximum Gasteiger partial charge on any atom is 0.307 e. The van der Waals surface area contributed by atoms with Crippen LogP contribution in [0, 0.1) is 11.8 Å². The van der Waals surface area contributed by atoms with Gasteiger partial charge in [-0.2, -0.15) is 0 Å². The largest absolute Gasteiger partial charge is 0.481 e. The van der Waals surface area contributed by atoms with Crippen LogP contribution in [-0.2, 0) is 9.59 Å². The molecule has 132 valence electrons. The molecule has 0 bridgehead atoms. The molecule has 1 N–H and O–H groups in total. The molecule has 0 aliphatic heterocycles. The van der Waals surface area contributed by atoms with Gasteiger partial charge in [0.2, 0.25) is 5.91 Å². The Morgan fingerprint density at radius 3 is 2.60 bits per heavy atom. The van der Waals surface area contributed by atoms with Crippen molar-refractivity contribution < 1.29 is 14.7 Å². The number of carboxylic acid groups (broad SMARTS) is 1. The summed E-state index contributed by atoms with van der Waals surface area (Å²) in [5.41, 5.74) is 1.53. The molecule has 1 aromatic heterocycles. The standard InChI is InChI=1S/C18H19ClN2O3S/c1-21(16(22)11-6-2-3-7-12(11)17(23)24)18-20-15(10-25-18)13-8-4-5-9-14(13)19/h4-5,8-12H,2-3,6-7H2,1H3,(H,23,24). The topological polar surface area (TPSA) is 70.5 Å². The Bertz CT molecular complexity index is 792. The lowest BCUT2D eigenvalue weighted by Gasteiger charge is -2.30. The van der Waals surface area contributed by atoms with Crippen molar-refractivity contribution in [2.75, 3.05) is 11.9 Å². The highest BCUT2D eigenvalue weighted by atomic mass is 35.5. The summed E-state index contributed by atoms with van der Waals surface area (Å²) < 4.78 is 0. The average Bonchev–Trinajstić information content (AvgIpc) is 3.10. The van der Waals surface area contributed by atoms with Crippen LogP contribution in [0.15, 0.2) is 29.6 Å². The number of carboxylic acids is 1. The monoisotopic (exact) mass is 378 g/mol. The third kappa shape index (κ3) is 3.70. The molecule has 2 atom stereocenters. The highest BCUT2D eigenvalue weighted by Crippen LogP contribution is 2.35. The first kappa shape index (κ1) is 17.9. The van der Waals surface area contributed by atoms with Gasteiger partial charge >= 0.3 is 5.97 Å². The van der Waals surface area contributed by atoms with Crippen LogP contribution in [-0.4, -0.2) is 29.0 Å². The summed E-state index contributed by atoms with van der Waals surface area (Å²) in [5.74, 6) is -2.15. The van der Waals surface area contributed by atoms with Crippen LogP contribution < -0.4 is 4.90 Å². The molecule has 7 heteroatoms. The first-order chi connectivity index (χ1) is 12.0. The number of halogens is 1. The van der Waals surface area contributed by atoms with Crippen molar-refractivity contribution in [3.8, 4) is 11.3 Å². The smallest absolute Gasteiger partial charge is 0.307 e. The van der Waals surface area contributed by atoms with Gasteiger partial charge < -0.3 is 5.11 Å². The Morgan fingerprint density at radius 1 is 1.24 bits per heavy atom. The number of aliphatic carboxylic acids is 1. The summed E-state index contributed by atoms with van der Waals surface area (Å²) in [6.45, 7) is 0. The zero-order valence-corrected chi connectivity index (χ0v) is 15.4. The molecule has 2 unspecified atom stereocenters. The lowest BCUT2D eigenvalue weighted by atomic mass is 9.78.